The summed E-state index contributed by atoms with van der Waals surface area (Å²) in [5.74, 6) is -0.776. The van der Waals surface area contributed by atoms with Crippen LogP contribution in [-0.4, -0.2) is 85.7 Å². The predicted octanol–water partition coefficient (Wildman–Crippen LogP) is 2.98. The van der Waals surface area contributed by atoms with Crippen LogP contribution in [0.15, 0.2) is 84.7 Å². The summed E-state index contributed by atoms with van der Waals surface area (Å²) in [6, 6.07) is 18.6. The minimum Gasteiger partial charge on any atom is -0.479 e. The van der Waals surface area contributed by atoms with Crippen LogP contribution in [0.4, 0.5) is 4.79 Å². The molecule has 2 aromatic rings. The molecule has 10 nitrogen and oxygen atoms in total. The van der Waals surface area contributed by atoms with Crippen LogP contribution < -0.4 is 0 Å². The minimum absolute atomic E-state index is 0.0505. The van der Waals surface area contributed by atoms with Gasteiger partial charge in [-0.3, -0.25) is 9.59 Å². The average molecular weight is 566 g/mol. The first kappa shape index (κ1) is 30.1. The summed E-state index contributed by atoms with van der Waals surface area (Å²) in [5, 5.41) is 9.57. The fraction of sp³-hybridized carbons (Fsp3) is 0.387. The van der Waals surface area contributed by atoms with Gasteiger partial charge in [-0.2, -0.15) is 0 Å². The zero-order valence-electron chi connectivity index (χ0n) is 22.9. The molecular formula is C31H35NO9. The van der Waals surface area contributed by atoms with Crippen LogP contribution in [-0.2, 0) is 46.3 Å². The molecule has 10 heteroatoms. The van der Waals surface area contributed by atoms with Crippen molar-refractivity contribution in [2.24, 2.45) is 0 Å². The van der Waals surface area contributed by atoms with E-state index in [0.29, 0.717) is 31.8 Å². The second-order valence-electron chi connectivity index (χ2n) is 9.63. The number of hydrogen-bond acceptors (Lipinski definition) is 9. The molecule has 0 bridgehead atoms. The van der Waals surface area contributed by atoms with Crippen molar-refractivity contribution in [3.63, 3.8) is 0 Å². The van der Waals surface area contributed by atoms with Gasteiger partial charge in [-0.25, -0.2) is 9.69 Å². The van der Waals surface area contributed by atoms with Crippen molar-refractivity contribution in [3.8, 4) is 0 Å². The highest BCUT2D eigenvalue weighted by Crippen LogP contribution is 2.24. The van der Waals surface area contributed by atoms with E-state index < -0.39 is 42.1 Å². The first-order valence-electron chi connectivity index (χ1n) is 13.5. The Morgan fingerprint density at radius 1 is 1.07 bits per heavy atom. The topological polar surface area (TPSA) is 121 Å². The molecule has 1 fully saturated rings. The van der Waals surface area contributed by atoms with E-state index in [0.717, 1.165) is 16.0 Å². The molecule has 0 saturated carbocycles. The Morgan fingerprint density at radius 3 is 2.46 bits per heavy atom. The smallest absolute Gasteiger partial charge is 0.417 e. The Balaban J connectivity index is 1.29. The van der Waals surface area contributed by atoms with Crippen molar-refractivity contribution >= 4 is 17.8 Å². The van der Waals surface area contributed by atoms with Gasteiger partial charge in [0.2, 0.25) is 0 Å². The van der Waals surface area contributed by atoms with Gasteiger partial charge in [0.15, 0.2) is 18.0 Å². The minimum atomic E-state index is -1.34. The van der Waals surface area contributed by atoms with Crippen molar-refractivity contribution in [1.82, 2.24) is 4.90 Å². The lowest BCUT2D eigenvalue weighted by Gasteiger charge is -2.30. The number of carbonyl (C=O) groups excluding carboxylic acids is 3. The van der Waals surface area contributed by atoms with Gasteiger partial charge in [-0.1, -0.05) is 60.7 Å². The number of methoxy groups -OCH3 is 1. The second-order valence-corrected chi connectivity index (χ2v) is 9.63. The number of ether oxygens (including phenoxy) is 5. The lowest BCUT2D eigenvalue weighted by atomic mass is 10.0. The van der Waals surface area contributed by atoms with E-state index in [2.05, 4.69) is 0 Å². The predicted molar refractivity (Wildman–Crippen MR) is 148 cm³/mol. The van der Waals surface area contributed by atoms with Crippen LogP contribution in [0.1, 0.15) is 17.5 Å². The molecule has 4 rings (SSSR count). The molecule has 2 aromatic carbocycles. The van der Waals surface area contributed by atoms with Crippen molar-refractivity contribution in [1.29, 1.82) is 0 Å². The number of allylic oxidation sites excluding steroid dienone is 1. The van der Waals surface area contributed by atoms with E-state index >= 15 is 0 Å². The first-order chi connectivity index (χ1) is 20.0. The van der Waals surface area contributed by atoms with Crippen LogP contribution in [0.25, 0.3) is 0 Å². The third kappa shape index (κ3) is 8.34. The van der Waals surface area contributed by atoms with Gasteiger partial charge in [-0.15, -0.1) is 0 Å². The Bertz CT molecular complexity index is 1210. The van der Waals surface area contributed by atoms with Gasteiger partial charge in [0.05, 0.1) is 32.5 Å². The average Bonchev–Trinajstić information content (AvgIpc) is 3.36. The number of benzene rings is 2. The quantitative estimate of drug-likeness (QED) is 0.345. The molecule has 2 aliphatic heterocycles. The molecule has 41 heavy (non-hydrogen) atoms. The molecule has 0 aliphatic carbocycles. The molecular weight excluding hydrogens is 530 g/mol. The van der Waals surface area contributed by atoms with Crippen LogP contribution >= 0.6 is 0 Å². The molecule has 4 atom stereocenters. The Kier molecular flexibility index (Phi) is 11.2. The Morgan fingerprint density at radius 2 is 1.78 bits per heavy atom. The van der Waals surface area contributed by atoms with Crippen molar-refractivity contribution < 1.29 is 43.2 Å². The fourth-order valence-electron chi connectivity index (χ4n) is 4.53. The molecule has 218 valence electrons. The molecule has 1 saturated heterocycles. The maximum absolute atomic E-state index is 13.4. The maximum atomic E-state index is 13.4. The number of aliphatic hydroxyl groups is 1. The Hall–Kier alpha value is -3.83. The molecule has 2 heterocycles. The molecule has 0 spiro atoms. The fourth-order valence-corrected chi connectivity index (χ4v) is 4.53. The number of carbonyl (C=O) groups is 3. The van der Waals surface area contributed by atoms with E-state index in [1.54, 1.807) is 6.08 Å². The van der Waals surface area contributed by atoms with E-state index in [4.69, 9.17) is 23.7 Å². The molecule has 4 unspecified atom stereocenters. The van der Waals surface area contributed by atoms with Crippen molar-refractivity contribution in [2.45, 2.75) is 43.8 Å². The molecule has 0 radical (unpaired) electrons. The normalized spacial score (nSPS) is 21.0. The highest BCUT2D eigenvalue weighted by molar-refractivity contribution is 6.03. The van der Waals surface area contributed by atoms with E-state index in [1.165, 1.54) is 19.3 Å². The summed E-state index contributed by atoms with van der Waals surface area (Å²) in [5.41, 5.74) is 1.94. The lowest BCUT2D eigenvalue weighted by Crippen LogP contribution is -2.53. The van der Waals surface area contributed by atoms with Gasteiger partial charge in [0.1, 0.15) is 18.5 Å². The number of ketones is 1. The number of imide groups is 1. The zero-order chi connectivity index (χ0) is 29.0. The lowest BCUT2D eigenvalue weighted by molar-refractivity contribution is -0.153. The maximum Gasteiger partial charge on any atom is 0.417 e. The van der Waals surface area contributed by atoms with Gasteiger partial charge < -0.3 is 28.8 Å². The van der Waals surface area contributed by atoms with Gasteiger partial charge in [-0.05, 0) is 42.2 Å². The highest BCUT2D eigenvalue weighted by atomic mass is 16.6. The van der Waals surface area contributed by atoms with E-state index in [-0.39, 0.29) is 19.8 Å². The summed E-state index contributed by atoms with van der Waals surface area (Å²) in [6.45, 7) is 0.773. The van der Waals surface area contributed by atoms with Crippen molar-refractivity contribution in [2.75, 3.05) is 33.5 Å². The number of rotatable bonds is 14. The monoisotopic (exact) mass is 565 g/mol. The SMILES string of the molecule is COC(C(=O)N1C(=O)OCC1Cc1ccccc1)C1OC(=CCCOCC(CO)OCc2ccccc2)C=CC1=O. The third-order valence-corrected chi connectivity index (χ3v) is 6.68. The summed E-state index contributed by atoms with van der Waals surface area (Å²) in [4.78, 5) is 39.6. The number of cyclic esters (lactones) is 1. The number of amides is 2. The number of hydrogen-bond donors (Lipinski definition) is 1. The number of aliphatic hydroxyl groups excluding tert-OH is 1. The summed E-state index contributed by atoms with van der Waals surface area (Å²) >= 11 is 0. The van der Waals surface area contributed by atoms with Crippen LogP contribution in [0.5, 0.6) is 0 Å². The molecule has 2 amide bonds. The first-order valence-corrected chi connectivity index (χ1v) is 13.5. The third-order valence-electron chi connectivity index (χ3n) is 6.68. The highest BCUT2D eigenvalue weighted by Gasteiger charge is 2.46. The largest absolute Gasteiger partial charge is 0.479 e. The molecule has 0 aromatic heterocycles. The van der Waals surface area contributed by atoms with Crippen molar-refractivity contribution in [3.05, 3.63) is 95.8 Å². The molecule has 2 aliphatic rings. The zero-order valence-corrected chi connectivity index (χ0v) is 22.9. The van der Waals surface area contributed by atoms with Crippen LogP contribution in [0.3, 0.4) is 0 Å². The summed E-state index contributed by atoms with van der Waals surface area (Å²) in [7, 11) is 1.29. The standard InChI is InChI=1S/C31H35NO9/c1-37-29(30(35)32-24(20-40-31(32)36)17-22-9-4-2-5-10-22)28-27(34)15-14-25(41-28)13-8-16-38-21-26(18-33)39-19-23-11-6-3-7-12-23/h2-7,9-15,24,26,28-29,33H,8,16-21H2,1H3. The molecule has 1 N–H and O–H groups in total. The Labute approximate surface area is 239 Å². The summed E-state index contributed by atoms with van der Waals surface area (Å²) < 4.78 is 27.7. The van der Waals surface area contributed by atoms with E-state index in [9.17, 15) is 19.5 Å². The van der Waals surface area contributed by atoms with Crippen LogP contribution in [0.2, 0.25) is 0 Å². The van der Waals surface area contributed by atoms with Gasteiger partial charge in [0, 0.05) is 7.11 Å². The number of nitrogens with zero attached hydrogens (tertiary/aromatic N) is 1. The van der Waals surface area contributed by atoms with Crippen LogP contribution in [0, 0.1) is 0 Å². The van der Waals surface area contributed by atoms with Gasteiger partial charge in [0.25, 0.3) is 5.91 Å². The summed E-state index contributed by atoms with van der Waals surface area (Å²) in [6.07, 6.45) is 1.57. The van der Waals surface area contributed by atoms with E-state index in [1.807, 2.05) is 60.7 Å². The van der Waals surface area contributed by atoms with Gasteiger partial charge >= 0.3 is 6.09 Å². The second kappa shape index (κ2) is 15.2.